The zero-order valence-electron chi connectivity index (χ0n) is 10.9. The van der Waals surface area contributed by atoms with Gasteiger partial charge in [-0.3, -0.25) is 0 Å². The summed E-state index contributed by atoms with van der Waals surface area (Å²) in [6, 6.07) is 0. The van der Waals surface area contributed by atoms with E-state index in [1.54, 1.807) is 0 Å². The van der Waals surface area contributed by atoms with E-state index >= 15 is 0 Å². The number of rotatable bonds is 5. The van der Waals surface area contributed by atoms with Crippen LogP contribution in [0, 0.1) is 0 Å². The van der Waals surface area contributed by atoms with E-state index in [0.717, 1.165) is 39.3 Å². The third-order valence-electron chi connectivity index (χ3n) is 2.67. The fraction of sp³-hybridized carbons (Fsp3) is 0.727. The van der Waals surface area contributed by atoms with Gasteiger partial charge in [-0.25, -0.2) is 0 Å². The van der Waals surface area contributed by atoms with Gasteiger partial charge in [0.1, 0.15) is 0 Å². The number of anilines is 3. The lowest BCUT2D eigenvalue weighted by molar-refractivity contribution is 0.122. The highest BCUT2D eigenvalue weighted by atomic mass is 16.5. The van der Waals surface area contributed by atoms with Gasteiger partial charge >= 0.3 is 0 Å². The number of hydrogen-bond donors (Lipinski definition) is 2. The monoisotopic (exact) mass is 252 g/mol. The second-order valence-corrected chi connectivity index (χ2v) is 4.06. The zero-order valence-corrected chi connectivity index (χ0v) is 10.9. The largest absolute Gasteiger partial charge is 0.378 e. The Balaban J connectivity index is 2.16. The SMILES string of the molecule is CCCNc1nc(NC)nc(N2CCOCC2)n1. The molecule has 0 unspecified atom stereocenters. The Morgan fingerprint density at radius 3 is 2.56 bits per heavy atom. The number of morpholine rings is 1. The molecule has 1 saturated heterocycles. The summed E-state index contributed by atoms with van der Waals surface area (Å²) >= 11 is 0. The smallest absolute Gasteiger partial charge is 0.232 e. The molecule has 18 heavy (non-hydrogen) atoms. The Hall–Kier alpha value is -1.63. The van der Waals surface area contributed by atoms with Crippen molar-refractivity contribution in [1.29, 1.82) is 0 Å². The van der Waals surface area contributed by atoms with Gasteiger partial charge in [0.2, 0.25) is 17.8 Å². The molecule has 0 aliphatic carbocycles. The van der Waals surface area contributed by atoms with Gasteiger partial charge in [-0.2, -0.15) is 15.0 Å². The summed E-state index contributed by atoms with van der Waals surface area (Å²) < 4.78 is 5.33. The average Bonchev–Trinajstić information content (AvgIpc) is 2.45. The molecule has 0 atom stereocenters. The second-order valence-electron chi connectivity index (χ2n) is 4.06. The first kappa shape index (κ1) is 12.8. The molecule has 2 heterocycles. The lowest BCUT2D eigenvalue weighted by Crippen LogP contribution is -2.37. The first-order valence-corrected chi connectivity index (χ1v) is 6.34. The molecule has 0 spiro atoms. The third-order valence-corrected chi connectivity index (χ3v) is 2.67. The maximum absolute atomic E-state index is 5.33. The molecule has 2 N–H and O–H groups in total. The van der Waals surface area contributed by atoms with Gasteiger partial charge in [0.25, 0.3) is 0 Å². The van der Waals surface area contributed by atoms with Crippen molar-refractivity contribution in [3.63, 3.8) is 0 Å². The Bertz CT molecular complexity index is 380. The summed E-state index contributed by atoms with van der Waals surface area (Å²) in [5.41, 5.74) is 0. The number of nitrogens with zero attached hydrogens (tertiary/aromatic N) is 4. The quantitative estimate of drug-likeness (QED) is 0.793. The predicted octanol–water partition coefficient (Wildman–Crippen LogP) is 0.572. The Kier molecular flexibility index (Phi) is 4.52. The summed E-state index contributed by atoms with van der Waals surface area (Å²) in [4.78, 5) is 15.2. The van der Waals surface area contributed by atoms with Crippen LogP contribution in [0.25, 0.3) is 0 Å². The normalized spacial score (nSPS) is 15.6. The molecule has 0 amide bonds. The van der Waals surface area contributed by atoms with E-state index in [1.807, 2.05) is 7.05 Å². The highest BCUT2D eigenvalue weighted by Gasteiger charge is 2.15. The summed E-state index contributed by atoms with van der Waals surface area (Å²) in [6.07, 6.45) is 1.04. The number of aromatic nitrogens is 3. The maximum Gasteiger partial charge on any atom is 0.232 e. The van der Waals surface area contributed by atoms with Crippen LogP contribution in [0.5, 0.6) is 0 Å². The molecule has 7 nitrogen and oxygen atoms in total. The van der Waals surface area contributed by atoms with E-state index < -0.39 is 0 Å². The van der Waals surface area contributed by atoms with Crippen LogP contribution in [0.3, 0.4) is 0 Å². The van der Waals surface area contributed by atoms with Crippen LogP contribution in [0.15, 0.2) is 0 Å². The van der Waals surface area contributed by atoms with Crippen molar-refractivity contribution in [2.24, 2.45) is 0 Å². The second kappa shape index (κ2) is 6.34. The molecule has 1 fully saturated rings. The highest BCUT2D eigenvalue weighted by Crippen LogP contribution is 2.14. The summed E-state index contributed by atoms with van der Waals surface area (Å²) in [5, 5.41) is 6.15. The molecular weight excluding hydrogens is 232 g/mol. The standard InChI is InChI=1S/C11H20N6O/c1-3-4-13-10-14-9(12-2)15-11(16-10)17-5-7-18-8-6-17/h3-8H2,1-2H3,(H2,12,13,14,15,16). The summed E-state index contributed by atoms with van der Waals surface area (Å²) in [5.74, 6) is 1.92. The minimum atomic E-state index is 0.588. The van der Waals surface area contributed by atoms with Gasteiger partial charge < -0.3 is 20.3 Å². The van der Waals surface area contributed by atoms with Crippen molar-refractivity contribution in [3.05, 3.63) is 0 Å². The third kappa shape index (κ3) is 3.19. The average molecular weight is 252 g/mol. The van der Waals surface area contributed by atoms with Crippen LogP contribution in [0.2, 0.25) is 0 Å². The van der Waals surface area contributed by atoms with Crippen molar-refractivity contribution in [2.45, 2.75) is 13.3 Å². The fourth-order valence-corrected chi connectivity index (χ4v) is 1.70. The van der Waals surface area contributed by atoms with E-state index in [9.17, 15) is 0 Å². The molecule has 2 rings (SSSR count). The summed E-state index contributed by atoms with van der Waals surface area (Å²) in [6.45, 7) is 6.04. The Morgan fingerprint density at radius 2 is 1.89 bits per heavy atom. The first-order chi connectivity index (χ1) is 8.83. The van der Waals surface area contributed by atoms with Crippen LogP contribution in [-0.4, -0.2) is 54.8 Å². The molecule has 100 valence electrons. The van der Waals surface area contributed by atoms with E-state index in [4.69, 9.17) is 4.74 Å². The van der Waals surface area contributed by atoms with Crippen LogP contribution in [0.1, 0.15) is 13.3 Å². The van der Waals surface area contributed by atoms with Gasteiger partial charge in [-0.1, -0.05) is 6.92 Å². The summed E-state index contributed by atoms with van der Waals surface area (Å²) in [7, 11) is 1.81. The van der Waals surface area contributed by atoms with E-state index in [1.165, 1.54) is 0 Å². The van der Waals surface area contributed by atoms with Crippen LogP contribution < -0.4 is 15.5 Å². The number of hydrogen-bond acceptors (Lipinski definition) is 7. The fourth-order valence-electron chi connectivity index (χ4n) is 1.70. The van der Waals surface area contributed by atoms with Crippen molar-refractivity contribution >= 4 is 17.8 Å². The van der Waals surface area contributed by atoms with Crippen molar-refractivity contribution in [1.82, 2.24) is 15.0 Å². The van der Waals surface area contributed by atoms with Crippen LogP contribution >= 0.6 is 0 Å². The molecule has 0 radical (unpaired) electrons. The van der Waals surface area contributed by atoms with Crippen LogP contribution in [0.4, 0.5) is 17.8 Å². The lowest BCUT2D eigenvalue weighted by Gasteiger charge is -2.27. The molecular formula is C11H20N6O. The van der Waals surface area contributed by atoms with Crippen molar-refractivity contribution in [2.75, 3.05) is 55.4 Å². The molecule has 0 aromatic carbocycles. The molecule has 1 aromatic heterocycles. The number of nitrogens with one attached hydrogen (secondary N) is 2. The predicted molar refractivity (Wildman–Crippen MR) is 71.2 cm³/mol. The molecule has 7 heteroatoms. The van der Waals surface area contributed by atoms with Crippen molar-refractivity contribution < 1.29 is 4.74 Å². The van der Waals surface area contributed by atoms with Crippen LogP contribution in [-0.2, 0) is 4.74 Å². The van der Waals surface area contributed by atoms with Gasteiger partial charge in [-0.15, -0.1) is 0 Å². The Morgan fingerprint density at radius 1 is 1.17 bits per heavy atom. The maximum atomic E-state index is 5.33. The minimum absolute atomic E-state index is 0.588. The van der Waals surface area contributed by atoms with E-state index in [-0.39, 0.29) is 0 Å². The highest BCUT2D eigenvalue weighted by molar-refractivity contribution is 5.43. The minimum Gasteiger partial charge on any atom is -0.378 e. The molecule has 1 aliphatic rings. The number of ether oxygens (including phenoxy) is 1. The Labute approximate surface area is 107 Å². The van der Waals surface area contributed by atoms with Gasteiger partial charge in [0.15, 0.2) is 0 Å². The molecule has 0 bridgehead atoms. The van der Waals surface area contributed by atoms with Gasteiger partial charge in [0.05, 0.1) is 13.2 Å². The molecule has 1 aromatic rings. The van der Waals surface area contributed by atoms with Crippen molar-refractivity contribution in [3.8, 4) is 0 Å². The molecule has 0 saturated carbocycles. The van der Waals surface area contributed by atoms with Gasteiger partial charge in [0, 0.05) is 26.7 Å². The molecule has 1 aliphatic heterocycles. The van der Waals surface area contributed by atoms with Gasteiger partial charge in [-0.05, 0) is 6.42 Å². The zero-order chi connectivity index (χ0) is 12.8. The lowest BCUT2D eigenvalue weighted by atomic mass is 10.4. The topological polar surface area (TPSA) is 75.2 Å². The first-order valence-electron chi connectivity index (χ1n) is 6.34. The van der Waals surface area contributed by atoms with E-state index in [2.05, 4.69) is 37.4 Å². The van der Waals surface area contributed by atoms with E-state index in [0.29, 0.717) is 17.8 Å².